The average Bonchev–Trinajstić information content (AvgIpc) is 2.55. The molecule has 1 aromatic carbocycles. The van der Waals surface area contributed by atoms with Gasteiger partial charge in [0.05, 0.1) is 11.5 Å². The van der Waals surface area contributed by atoms with E-state index in [-0.39, 0.29) is 29.8 Å². The number of benzene rings is 1. The van der Waals surface area contributed by atoms with E-state index in [9.17, 15) is 20.0 Å². The zero-order valence-corrected chi connectivity index (χ0v) is 13.7. The molecule has 1 aromatic rings. The summed E-state index contributed by atoms with van der Waals surface area (Å²) >= 11 is 5.88. The lowest BCUT2D eigenvalue weighted by Gasteiger charge is -2.38. The molecule has 1 amide bonds. The summed E-state index contributed by atoms with van der Waals surface area (Å²) in [4.78, 5) is 26.8. The van der Waals surface area contributed by atoms with Gasteiger partial charge in [-0.15, -0.1) is 0 Å². The molecule has 1 aliphatic rings. The van der Waals surface area contributed by atoms with Crippen LogP contribution in [0.1, 0.15) is 23.7 Å². The standard InChI is InChI=1S/C15H20ClN3O4/c1-2-12(10-20)17-5-7-18(8-6-17)15(21)13-9-11(16)3-4-14(13)19(22)23/h3-4,9,12,20H,2,5-8,10H2,1H3. The highest BCUT2D eigenvalue weighted by Gasteiger charge is 2.29. The molecule has 23 heavy (non-hydrogen) atoms. The van der Waals surface area contributed by atoms with E-state index < -0.39 is 4.92 Å². The molecule has 0 aliphatic carbocycles. The number of carbonyl (C=O) groups excluding carboxylic acids is 1. The first-order valence-corrected chi connectivity index (χ1v) is 7.93. The fourth-order valence-electron chi connectivity index (χ4n) is 2.80. The molecule has 2 rings (SSSR count). The van der Waals surface area contributed by atoms with E-state index in [4.69, 9.17) is 11.6 Å². The second-order valence-corrected chi connectivity index (χ2v) is 5.93. The molecular weight excluding hydrogens is 322 g/mol. The van der Waals surface area contributed by atoms with Crippen molar-refractivity contribution in [1.29, 1.82) is 0 Å². The van der Waals surface area contributed by atoms with E-state index in [0.717, 1.165) is 6.42 Å². The average molecular weight is 342 g/mol. The molecule has 0 radical (unpaired) electrons. The van der Waals surface area contributed by atoms with Gasteiger partial charge in [-0.2, -0.15) is 0 Å². The third-order valence-corrected chi connectivity index (χ3v) is 4.42. The maximum absolute atomic E-state index is 12.6. The van der Waals surface area contributed by atoms with E-state index in [1.807, 2.05) is 6.92 Å². The van der Waals surface area contributed by atoms with Gasteiger partial charge in [-0.1, -0.05) is 18.5 Å². The first-order chi connectivity index (χ1) is 11.0. The first kappa shape index (κ1) is 17.7. The predicted octanol–water partition coefficient (Wildman–Crippen LogP) is 1.78. The van der Waals surface area contributed by atoms with Crippen LogP contribution in [0.5, 0.6) is 0 Å². The molecule has 1 unspecified atom stereocenters. The lowest BCUT2D eigenvalue weighted by atomic mass is 10.1. The van der Waals surface area contributed by atoms with Crippen molar-refractivity contribution in [3.63, 3.8) is 0 Å². The van der Waals surface area contributed by atoms with E-state index in [1.165, 1.54) is 18.2 Å². The molecule has 126 valence electrons. The Morgan fingerprint density at radius 3 is 2.57 bits per heavy atom. The van der Waals surface area contributed by atoms with Crippen molar-refractivity contribution in [2.75, 3.05) is 32.8 Å². The minimum absolute atomic E-state index is 0.0187. The highest BCUT2D eigenvalue weighted by atomic mass is 35.5. The zero-order chi connectivity index (χ0) is 17.0. The number of aliphatic hydroxyl groups is 1. The zero-order valence-electron chi connectivity index (χ0n) is 12.9. The fraction of sp³-hybridized carbons (Fsp3) is 0.533. The quantitative estimate of drug-likeness (QED) is 0.651. The largest absolute Gasteiger partial charge is 0.395 e. The molecule has 0 spiro atoms. The van der Waals surface area contributed by atoms with Gasteiger partial charge in [0.15, 0.2) is 0 Å². The minimum atomic E-state index is -0.571. The van der Waals surface area contributed by atoms with Crippen LogP contribution < -0.4 is 0 Å². The smallest absolute Gasteiger partial charge is 0.282 e. The number of piperazine rings is 1. The number of nitrogens with zero attached hydrogens (tertiary/aromatic N) is 3. The highest BCUT2D eigenvalue weighted by molar-refractivity contribution is 6.31. The molecule has 8 heteroatoms. The minimum Gasteiger partial charge on any atom is -0.395 e. The summed E-state index contributed by atoms with van der Waals surface area (Å²) in [6.07, 6.45) is 0.838. The number of halogens is 1. The third-order valence-electron chi connectivity index (χ3n) is 4.19. The SMILES string of the molecule is CCC(CO)N1CCN(C(=O)c2cc(Cl)ccc2[N+](=O)[O-])CC1. The molecule has 1 atom stereocenters. The Kier molecular flexibility index (Phi) is 5.92. The summed E-state index contributed by atoms with van der Waals surface area (Å²) in [5, 5.41) is 20.7. The van der Waals surface area contributed by atoms with Crippen molar-refractivity contribution in [1.82, 2.24) is 9.80 Å². The summed E-state index contributed by atoms with van der Waals surface area (Å²) in [5.74, 6) is -0.379. The van der Waals surface area contributed by atoms with Gasteiger partial charge in [-0.3, -0.25) is 19.8 Å². The summed E-state index contributed by atoms with van der Waals surface area (Å²) < 4.78 is 0. The van der Waals surface area contributed by atoms with Gasteiger partial charge in [-0.05, 0) is 18.6 Å². The van der Waals surface area contributed by atoms with E-state index in [0.29, 0.717) is 31.2 Å². The molecular formula is C15H20ClN3O4. The summed E-state index contributed by atoms with van der Waals surface area (Å²) in [5.41, 5.74) is -0.214. The van der Waals surface area contributed by atoms with Crippen LogP contribution in [0.2, 0.25) is 5.02 Å². The number of rotatable bonds is 5. The van der Waals surface area contributed by atoms with Gasteiger partial charge < -0.3 is 10.0 Å². The maximum atomic E-state index is 12.6. The van der Waals surface area contributed by atoms with Gasteiger partial charge in [0.1, 0.15) is 5.56 Å². The highest BCUT2D eigenvalue weighted by Crippen LogP contribution is 2.24. The van der Waals surface area contributed by atoms with Crippen molar-refractivity contribution in [2.45, 2.75) is 19.4 Å². The topological polar surface area (TPSA) is 86.9 Å². The predicted molar refractivity (Wildman–Crippen MR) is 86.7 cm³/mol. The number of amides is 1. The fourth-order valence-corrected chi connectivity index (χ4v) is 2.97. The molecule has 0 bridgehead atoms. The van der Waals surface area contributed by atoms with Gasteiger partial charge in [0.2, 0.25) is 0 Å². The lowest BCUT2D eigenvalue weighted by molar-refractivity contribution is -0.385. The molecule has 7 nitrogen and oxygen atoms in total. The van der Waals surface area contributed by atoms with Crippen LogP contribution in [0.25, 0.3) is 0 Å². The normalized spacial score (nSPS) is 17.1. The van der Waals surface area contributed by atoms with Crippen molar-refractivity contribution in [2.24, 2.45) is 0 Å². The number of hydrogen-bond donors (Lipinski definition) is 1. The van der Waals surface area contributed by atoms with Crippen LogP contribution in [0.4, 0.5) is 5.69 Å². The Bertz CT molecular complexity index is 584. The van der Waals surface area contributed by atoms with E-state index >= 15 is 0 Å². The number of hydrogen-bond acceptors (Lipinski definition) is 5. The van der Waals surface area contributed by atoms with Crippen LogP contribution in [-0.4, -0.2) is 64.6 Å². The monoisotopic (exact) mass is 341 g/mol. The summed E-state index contributed by atoms with van der Waals surface area (Å²) in [7, 11) is 0. The molecule has 1 heterocycles. The number of aliphatic hydroxyl groups excluding tert-OH is 1. The van der Waals surface area contributed by atoms with Crippen LogP contribution in [-0.2, 0) is 0 Å². The van der Waals surface area contributed by atoms with Crippen molar-refractivity contribution in [3.05, 3.63) is 38.9 Å². The number of nitro benzene ring substituents is 1. The second-order valence-electron chi connectivity index (χ2n) is 5.49. The van der Waals surface area contributed by atoms with Gasteiger partial charge in [-0.25, -0.2) is 0 Å². The molecule has 1 fully saturated rings. The van der Waals surface area contributed by atoms with Gasteiger partial charge >= 0.3 is 0 Å². The Hall–Kier alpha value is -1.70. The van der Waals surface area contributed by atoms with Crippen LogP contribution in [0, 0.1) is 10.1 Å². The summed E-state index contributed by atoms with van der Waals surface area (Å²) in [6.45, 7) is 4.31. The van der Waals surface area contributed by atoms with Crippen molar-refractivity contribution < 1.29 is 14.8 Å². The maximum Gasteiger partial charge on any atom is 0.282 e. The molecule has 1 N–H and O–H groups in total. The molecule has 0 aromatic heterocycles. The van der Waals surface area contributed by atoms with Crippen molar-refractivity contribution >= 4 is 23.2 Å². The molecule has 1 saturated heterocycles. The third kappa shape index (κ3) is 3.99. The summed E-state index contributed by atoms with van der Waals surface area (Å²) in [6, 6.07) is 4.09. The Morgan fingerprint density at radius 2 is 2.04 bits per heavy atom. The van der Waals surface area contributed by atoms with Crippen molar-refractivity contribution in [3.8, 4) is 0 Å². The molecule has 1 aliphatic heterocycles. The Labute approximate surface area is 139 Å². The van der Waals surface area contributed by atoms with E-state index in [1.54, 1.807) is 4.90 Å². The number of carbonyl (C=O) groups is 1. The van der Waals surface area contributed by atoms with Crippen LogP contribution in [0.3, 0.4) is 0 Å². The molecule has 0 saturated carbocycles. The Morgan fingerprint density at radius 1 is 1.39 bits per heavy atom. The van der Waals surface area contributed by atoms with Gasteiger partial charge in [0, 0.05) is 43.3 Å². The number of nitro groups is 1. The Balaban J connectivity index is 2.11. The first-order valence-electron chi connectivity index (χ1n) is 7.56. The van der Waals surface area contributed by atoms with Gasteiger partial charge in [0.25, 0.3) is 11.6 Å². The van der Waals surface area contributed by atoms with Crippen LogP contribution >= 0.6 is 11.6 Å². The van der Waals surface area contributed by atoms with E-state index in [2.05, 4.69) is 4.90 Å². The lowest BCUT2D eigenvalue weighted by Crippen LogP contribution is -2.52. The van der Waals surface area contributed by atoms with Crippen LogP contribution in [0.15, 0.2) is 18.2 Å². The second kappa shape index (κ2) is 7.72.